The smallest absolute Gasteiger partial charge is 0.226 e. The van der Waals surface area contributed by atoms with Crippen LogP contribution in [0.25, 0.3) is 0 Å². The van der Waals surface area contributed by atoms with Crippen molar-refractivity contribution in [3.8, 4) is 0 Å². The van der Waals surface area contributed by atoms with Gasteiger partial charge in [0.25, 0.3) is 0 Å². The summed E-state index contributed by atoms with van der Waals surface area (Å²) in [4.78, 5) is 14.8. The van der Waals surface area contributed by atoms with Crippen molar-refractivity contribution in [3.63, 3.8) is 0 Å². The molecule has 0 aromatic carbocycles. The Bertz CT molecular complexity index is 282. The third kappa shape index (κ3) is 4.18. The molecule has 2 saturated heterocycles. The van der Waals surface area contributed by atoms with E-state index in [1.807, 2.05) is 0 Å². The molecule has 0 aromatic heterocycles. The lowest BCUT2D eigenvalue weighted by molar-refractivity contribution is -0.141. The van der Waals surface area contributed by atoms with Crippen LogP contribution >= 0.6 is 0 Å². The lowest BCUT2D eigenvalue weighted by atomic mass is 9.94. The van der Waals surface area contributed by atoms with Gasteiger partial charge in [-0.25, -0.2) is 0 Å². The zero-order chi connectivity index (χ0) is 13.7. The minimum absolute atomic E-state index is 0.192. The number of nitrogens with one attached hydrogen (secondary N) is 1. The van der Waals surface area contributed by atoms with Crippen LogP contribution in [-0.2, 0) is 9.53 Å². The number of carbonyl (C=O) groups excluding carboxylic acids is 1. The molecule has 2 fully saturated rings. The molecule has 2 aliphatic rings. The number of nitrogens with zero attached hydrogens (tertiary/aromatic N) is 1. The molecule has 1 N–H and O–H groups in total. The van der Waals surface area contributed by atoms with Gasteiger partial charge in [-0.05, 0) is 58.5 Å². The van der Waals surface area contributed by atoms with Gasteiger partial charge >= 0.3 is 0 Å². The summed E-state index contributed by atoms with van der Waals surface area (Å²) in [5, 5.41) is 3.39. The number of carbonyl (C=O) groups is 1. The standard InChI is InChI=1S/C15H28N2O2/c1-12(2)17(11-13-3-7-16-8-4-13)15(18)14-5-9-19-10-6-14/h12-14,16H,3-11H2,1-2H3. The van der Waals surface area contributed by atoms with Crippen molar-refractivity contribution in [1.82, 2.24) is 10.2 Å². The SMILES string of the molecule is CC(C)N(CC1CCNCC1)C(=O)C1CCOCC1. The van der Waals surface area contributed by atoms with Crippen molar-refractivity contribution in [2.45, 2.75) is 45.6 Å². The van der Waals surface area contributed by atoms with E-state index in [1.165, 1.54) is 12.8 Å². The summed E-state index contributed by atoms with van der Waals surface area (Å²) in [5.74, 6) is 1.22. The highest BCUT2D eigenvalue weighted by molar-refractivity contribution is 5.79. The molecule has 4 nitrogen and oxygen atoms in total. The van der Waals surface area contributed by atoms with Crippen LogP contribution in [0.5, 0.6) is 0 Å². The molecular formula is C15H28N2O2. The van der Waals surface area contributed by atoms with E-state index in [0.717, 1.165) is 45.7 Å². The van der Waals surface area contributed by atoms with Crippen molar-refractivity contribution in [2.24, 2.45) is 11.8 Å². The lowest BCUT2D eigenvalue weighted by Crippen LogP contribution is -2.46. The van der Waals surface area contributed by atoms with Crippen LogP contribution in [0, 0.1) is 11.8 Å². The lowest BCUT2D eigenvalue weighted by Gasteiger charge is -2.36. The van der Waals surface area contributed by atoms with Crippen molar-refractivity contribution in [1.29, 1.82) is 0 Å². The predicted molar refractivity (Wildman–Crippen MR) is 76.0 cm³/mol. The fourth-order valence-electron chi connectivity index (χ4n) is 3.08. The topological polar surface area (TPSA) is 41.6 Å². The Labute approximate surface area is 116 Å². The number of amides is 1. The Morgan fingerprint density at radius 3 is 2.42 bits per heavy atom. The Hall–Kier alpha value is -0.610. The van der Waals surface area contributed by atoms with E-state index in [1.54, 1.807) is 0 Å². The van der Waals surface area contributed by atoms with Crippen molar-refractivity contribution < 1.29 is 9.53 Å². The van der Waals surface area contributed by atoms with Gasteiger partial charge in [-0.2, -0.15) is 0 Å². The average molecular weight is 268 g/mol. The first-order valence-electron chi connectivity index (χ1n) is 7.77. The molecular weight excluding hydrogens is 240 g/mol. The molecule has 2 aliphatic heterocycles. The number of hydrogen-bond donors (Lipinski definition) is 1. The van der Waals surface area contributed by atoms with Gasteiger partial charge in [0.2, 0.25) is 5.91 Å². The summed E-state index contributed by atoms with van der Waals surface area (Å²) in [6.45, 7) is 8.90. The van der Waals surface area contributed by atoms with Gasteiger partial charge in [0.05, 0.1) is 0 Å². The minimum atomic E-state index is 0.192. The second-order valence-corrected chi connectivity index (χ2v) is 6.16. The number of rotatable bonds is 4. The summed E-state index contributed by atoms with van der Waals surface area (Å²) in [5.41, 5.74) is 0. The number of ether oxygens (including phenoxy) is 1. The monoisotopic (exact) mass is 268 g/mol. The normalized spacial score (nSPS) is 22.7. The van der Waals surface area contributed by atoms with Gasteiger partial charge in [-0.15, -0.1) is 0 Å². The summed E-state index contributed by atoms with van der Waals surface area (Å²) in [7, 11) is 0. The number of piperidine rings is 1. The first-order chi connectivity index (χ1) is 9.18. The van der Waals surface area contributed by atoms with Crippen molar-refractivity contribution >= 4 is 5.91 Å². The fourth-order valence-corrected chi connectivity index (χ4v) is 3.08. The Balaban J connectivity index is 1.91. The van der Waals surface area contributed by atoms with E-state index in [-0.39, 0.29) is 5.92 Å². The van der Waals surface area contributed by atoms with E-state index in [2.05, 4.69) is 24.1 Å². The molecule has 2 rings (SSSR count). The zero-order valence-corrected chi connectivity index (χ0v) is 12.4. The van der Waals surface area contributed by atoms with Gasteiger partial charge in [0.1, 0.15) is 0 Å². The quantitative estimate of drug-likeness (QED) is 0.843. The second kappa shape index (κ2) is 7.25. The molecule has 0 saturated carbocycles. The molecule has 0 bridgehead atoms. The number of hydrogen-bond acceptors (Lipinski definition) is 3. The van der Waals surface area contributed by atoms with Gasteiger partial charge in [0, 0.05) is 31.7 Å². The molecule has 1 amide bonds. The third-order valence-electron chi connectivity index (χ3n) is 4.39. The Kier molecular flexibility index (Phi) is 5.64. The van der Waals surface area contributed by atoms with E-state index >= 15 is 0 Å². The summed E-state index contributed by atoms with van der Waals surface area (Å²) in [6, 6.07) is 0.310. The van der Waals surface area contributed by atoms with Crippen LogP contribution in [0.3, 0.4) is 0 Å². The second-order valence-electron chi connectivity index (χ2n) is 6.16. The van der Waals surface area contributed by atoms with Crippen molar-refractivity contribution in [2.75, 3.05) is 32.8 Å². The molecule has 4 heteroatoms. The van der Waals surface area contributed by atoms with E-state index in [4.69, 9.17) is 4.74 Å². The molecule has 2 heterocycles. The molecule has 0 atom stereocenters. The van der Waals surface area contributed by atoms with Crippen LogP contribution in [0.2, 0.25) is 0 Å². The first kappa shape index (κ1) is 14.8. The fraction of sp³-hybridized carbons (Fsp3) is 0.933. The molecule has 0 spiro atoms. The van der Waals surface area contributed by atoms with E-state index in [9.17, 15) is 4.79 Å². The maximum atomic E-state index is 12.7. The summed E-state index contributed by atoms with van der Waals surface area (Å²) in [6.07, 6.45) is 4.19. The van der Waals surface area contributed by atoms with Crippen molar-refractivity contribution in [3.05, 3.63) is 0 Å². The van der Waals surface area contributed by atoms with Crippen LogP contribution in [0.15, 0.2) is 0 Å². The molecule has 110 valence electrons. The average Bonchev–Trinajstić information content (AvgIpc) is 2.46. The zero-order valence-electron chi connectivity index (χ0n) is 12.4. The van der Waals surface area contributed by atoms with Gasteiger partial charge in [-0.1, -0.05) is 0 Å². The maximum absolute atomic E-state index is 12.7. The van der Waals surface area contributed by atoms with Crippen LogP contribution in [0.1, 0.15) is 39.5 Å². The van der Waals surface area contributed by atoms with Gasteiger partial charge in [-0.3, -0.25) is 4.79 Å². The van der Waals surface area contributed by atoms with Crippen LogP contribution in [0.4, 0.5) is 0 Å². The molecule has 0 radical (unpaired) electrons. The van der Waals surface area contributed by atoms with Crippen LogP contribution < -0.4 is 5.32 Å². The third-order valence-corrected chi connectivity index (χ3v) is 4.39. The minimum Gasteiger partial charge on any atom is -0.381 e. The van der Waals surface area contributed by atoms with E-state index in [0.29, 0.717) is 17.9 Å². The maximum Gasteiger partial charge on any atom is 0.226 e. The molecule has 0 aromatic rings. The highest BCUT2D eigenvalue weighted by Crippen LogP contribution is 2.22. The summed E-state index contributed by atoms with van der Waals surface area (Å²) >= 11 is 0. The predicted octanol–water partition coefficient (Wildman–Crippen LogP) is 1.65. The van der Waals surface area contributed by atoms with Crippen LogP contribution in [-0.4, -0.2) is 49.7 Å². The molecule has 19 heavy (non-hydrogen) atoms. The Morgan fingerprint density at radius 2 is 1.84 bits per heavy atom. The first-order valence-corrected chi connectivity index (χ1v) is 7.77. The summed E-state index contributed by atoms with van der Waals surface area (Å²) < 4.78 is 5.36. The largest absolute Gasteiger partial charge is 0.381 e. The Morgan fingerprint density at radius 1 is 1.21 bits per heavy atom. The highest BCUT2D eigenvalue weighted by atomic mass is 16.5. The van der Waals surface area contributed by atoms with E-state index < -0.39 is 0 Å². The molecule has 0 unspecified atom stereocenters. The molecule has 0 aliphatic carbocycles. The van der Waals surface area contributed by atoms with Gasteiger partial charge in [0.15, 0.2) is 0 Å². The van der Waals surface area contributed by atoms with Gasteiger partial charge < -0.3 is 15.0 Å². The highest BCUT2D eigenvalue weighted by Gasteiger charge is 2.29.